The van der Waals surface area contributed by atoms with Crippen molar-refractivity contribution in [2.45, 2.75) is 79.8 Å². The lowest BCUT2D eigenvalue weighted by Crippen LogP contribution is -2.36. The Kier molecular flexibility index (Phi) is 14.4. The van der Waals surface area contributed by atoms with E-state index in [0.29, 0.717) is 72.1 Å². The Labute approximate surface area is 321 Å². The number of aryl methyl sites for hydroxylation is 2. The monoisotopic (exact) mass is 799 g/mol. The molecule has 0 aliphatic carbocycles. The molecule has 278 valence electrons. The first-order valence-electron chi connectivity index (χ1n) is 17.3. The first-order chi connectivity index (χ1) is 24.1. The van der Waals surface area contributed by atoms with Crippen LogP contribution < -0.4 is 14.4 Å². The maximum Gasteiger partial charge on any atom is 0.311 e. The van der Waals surface area contributed by atoms with Crippen LogP contribution in [0.3, 0.4) is 0 Å². The quantitative estimate of drug-likeness (QED) is 0.0478. The number of allylic oxidation sites excluding steroid dienone is 4. The van der Waals surface area contributed by atoms with Gasteiger partial charge >= 0.3 is 5.97 Å². The number of esters is 1. The van der Waals surface area contributed by atoms with Crippen LogP contribution in [0.15, 0.2) is 54.4 Å². The van der Waals surface area contributed by atoms with Crippen molar-refractivity contribution in [2.75, 3.05) is 35.2 Å². The van der Waals surface area contributed by atoms with E-state index in [1.54, 1.807) is 0 Å². The number of hydrogen-bond acceptors (Lipinski definition) is 6. The summed E-state index contributed by atoms with van der Waals surface area (Å²) in [6, 6.07) is 7.46. The lowest BCUT2D eigenvalue weighted by molar-refractivity contribution is -0.674. The minimum absolute atomic E-state index is 0.177. The first kappa shape index (κ1) is 41.0. The van der Waals surface area contributed by atoms with Gasteiger partial charge in [-0.15, -0.1) is 0 Å². The molecule has 0 fully saturated rings. The van der Waals surface area contributed by atoms with Crippen molar-refractivity contribution in [1.82, 2.24) is 4.57 Å². The molecule has 1 aromatic heterocycles. The SMILES string of the molecule is CCN1C(=CC=CC=Cc2n(CC)c3cc(Cl)c(Cl)cc3[n+]2CCCCS(=O)(=O)O)N(CCCCOC(=O)C(C)(C)CC)c2cc(Cl)c(Cl)cc21. The van der Waals surface area contributed by atoms with Gasteiger partial charge < -0.3 is 14.5 Å². The zero-order chi connectivity index (χ0) is 37.5. The van der Waals surface area contributed by atoms with Crippen molar-refractivity contribution in [3.63, 3.8) is 0 Å². The molecule has 0 spiro atoms. The fourth-order valence-electron chi connectivity index (χ4n) is 5.97. The highest BCUT2D eigenvalue weighted by molar-refractivity contribution is 7.85. The van der Waals surface area contributed by atoms with E-state index in [0.717, 1.165) is 46.9 Å². The molecule has 0 unspecified atom stereocenters. The summed E-state index contributed by atoms with van der Waals surface area (Å²) in [5.74, 6) is 1.39. The average Bonchev–Trinajstić information content (AvgIpc) is 3.51. The summed E-state index contributed by atoms with van der Waals surface area (Å²) in [5, 5.41) is 1.84. The number of nitrogens with zero attached hydrogens (tertiary/aromatic N) is 4. The molecule has 0 atom stereocenters. The average molecular weight is 802 g/mol. The van der Waals surface area contributed by atoms with Crippen molar-refractivity contribution >= 4 is 91.0 Å². The fourth-order valence-corrected chi connectivity index (χ4v) is 7.17. The number of fused-ring (bicyclic) bond motifs is 2. The van der Waals surface area contributed by atoms with Gasteiger partial charge in [-0.1, -0.05) is 71.6 Å². The highest BCUT2D eigenvalue weighted by Gasteiger charge is 2.31. The van der Waals surface area contributed by atoms with E-state index in [4.69, 9.17) is 51.1 Å². The molecule has 0 amide bonds. The Hall–Kier alpha value is -2.73. The van der Waals surface area contributed by atoms with E-state index in [1.807, 2.05) is 76.3 Å². The maximum atomic E-state index is 12.4. The number of aromatic nitrogens is 2. The molecule has 4 rings (SSSR count). The van der Waals surface area contributed by atoms with Crippen molar-refractivity contribution < 1.29 is 27.1 Å². The van der Waals surface area contributed by atoms with Crippen LogP contribution >= 0.6 is 46.4 Å². The standard InChI is InChI=1S/C37H46Cl4N4O5S/c1-6-37(4,5)36(46)50-20-14-12-18-44-32-24-28(40)26(38)22-30(32)42(7-2)34(44)16-10-9-11-17-35-43(8-3)31-23-27(39)29(41)25-33(31)45(35)19-13-15-21-51(47,48)49/h9-11,16-17,22-25H,6-8,12-15,18-21H2,1-5H3/p+1. The van der Waals surface area contributed by atoms with E-state index in [9.17, 15) is 17.8 Å². The van der Waals surface area contributed by atoms with Gasteiger partial charge in [0.15, 0.2) is 11.0 Å². The molecule has 2 aromatic carbocycles. The molecule has 3 aromatic rings. The summed E-state index contributed by atoms with van der Waals surface area (Å²) in [6.45, 7) is 12.8. The molecule has 14 heteroatoms. The first-order valence-corrected chi connectivity index (χ1v) is 20.4. The Morgan fingerprint density at radius 2 is 1.51 bits per heavy atom. The van der Waals surface area contributed by atoms with E-state index < -0.39 is 15.5 Å². The third-order valence-corrected chi connectivity index (χ3v) is 11.4. The zero-order valence-electron chi connectivity index (χ0n) is 29.8. The van der Waals surface area contributed by atoms with Crippen LogP contribution in [-0.2, 0) is 32.7 Å². The number of carbonyl (C=O) groups excluding carboxylic acids is 1. The van der Waals surface area contributed by atoms with E-state index in [1.165, 1.54) is 0 Å². The van der Waals surface area contributed by atoms with Crippen LogP contribution in [0.25, 0.3) is 17.1 Å². The van der Waals surface area contributed by atoms with Crippen LogP contribution in [-0.4, -0.2) is 49.0 Å². The second kappa shape index (κ2) is 17.9. The Balaban J connectivity index is 1.59. The van der Waals surface area contributed by atoms with Crippen molar-refractivity contribution in [1.29, 1.82) is 0 Å². The number of carbonyl (C=O) groups is 1. The highest BCUT2D eigenvalue weighted by atomic mass is 35.5. The highest BCUT2D eigenvalue weighted by Crippen LogP contribution is 2.45. The molecule has 0 radical (unpaired) electrons. The second-order valence-corrected chi connectivity index (χ2v) is 16.2. The Bertz CT molecular complexity index is 1940. The van der Waals surface area contributed by atoms with Gasteiger partial charge in [0.2, 0.25) is 0 Å². The predicted octanol–water partition coefficient (Wildman–Crippen LogP) is 9.75. The van der Waals surface area contributed by atoms with Crippen LogP contribution in [0.5, 0.6) is 0 Å². The normalized spacial score (nSPS) is 14.6. The van der Waals surface area contributed by atoms with Gasteiger partial charge in [0.05, 0.1) is 62.3 Å². The van der Waals surface area contributed by atoms with Crippen molar-refractivity contribution in [3.8, 4) is 0 Å². The Morgan fingerprint density at radius 3 is 2.14 bits per heavy atom. The summed E-state index contributed by atoms with van der Waals surface area (Å²) in [6.07, 6.45) is 13.0. The van der Waals surface area contributed by atoms with Crippen LogP contribution in [0, 0.1) is 5.41 Å². The minimum atomic E-state index is -4.04. The molecule has 1 N–H and O–H groups in total. The predicted molar refractivity (Wildman–Crippen MR) is 211 cm³/mol. The second-order valence-electron chi connectivity index (χ2n) is 13.0. The number of unbranched alkanes of at least 4 members (excludes halogenated alkanes) is 2. The van der Waals surface area contributed by atoms with Crippen LogP contribution in [0.1, 0.15) is 72.5 Å². The third kappa shape index (κ3) is 10.0. The molecule has 2 heterocycles. The van der Waals surface area contributed by atoms with Gasteiger partial charge in [0.25, 0.3) is 15.9 Å². The number of anilines is 2. The number of halogens is 4. The molecule has 9 nitrogen and oxygen atoms in total. The zero-order valence-corrected chi connectivity index (χ0v) is 33.6. The smallest absolute Gasteiger partial charge is 0.311 e. The fraction of sp³-hybridized carbons (Fsp3) is 0.459. The lowest BCUT2D eigenvalue weighted by Gasteiger charge is -2.24. The summed E-state index contributed by atoms with van der Waals surface area (Å²) in [7, 11) is -4.04. The molecule has 1 aliphatic rings. The molecule has 0 saturated heterocycles. The van der Waals surface area contributed by atoms with E-state index in [-0.39, 0.29) is 11.7 Å². The van der Waals surface area contributed by atoms with Gasteiger partial charge in [-0.05, 0) is 78.0 Å². The van der Waals surface area contributed by atoms with Gasteiger partial charge in [0.1, 0.15) is 5.82 Å². The van der Waals surface area contributed by atoms with Gasteiger partial charge in [-0.25, -0.2) is 9.13 Å². The molecule has 1 aliphatic heterocycles. The lowest BCUT2D eigenvalue weighted by atomic mass is 9.91. The van der Waals surface area contributed by atoms with Gasteiger partial charge in [0, 0.05) is 31.3 Å². The number of imidazole rings is 1. The van der Waals surface area contributed by atoms with Gasteiger partial charge in [-0.2, -0.15) is 8.42 Å². The van der Waals surface area contributed by atoms with E-state index in [2.05, 4.69) is 31.9 Å². The van der Waals surface area contributed by atoms with Crippen LogP contribution in [0.2, 0.25) is 20.1 Å². The Morgan fingerprint density at radius 1 is 0.863 bits per heavy atom. The largest absolute Gasteiger partial charge is 0.465 e. The molecule has 51 heavy (non-hydrogen) atoms. The topological polar surface area (TPSA) is 96.0 Å². The number of rotatable bonds is 17. The summed E-state index contributed by atoms with van der Waals surface area (Å²) in [4.78, 5) is 16.8. The molecular weight excluding hydrogens is 754 g/mol. The third-order valence-electron chi connectivity index (χ3n) is 9.13. The number of hydrogen-bond donors (Lipinski definition) is 1. The van der Waals surface area contributed by atoms with E-state index >= 15 is 0 Å². The van der Waals surface area contributed by atoms with Crippen molar-refractivity contribution in [2.24, 2.45) is 5.41 Å². The minimum Gasteiger partial charge on any atom is -0.465 e. The maximum absolute atomic E-state index is 12.4. The number of benzene rings is 2. The molecular formula is C37H47Cl4N4O5S+. The van der Waals surface area contributed by atoms with Crippen molar-refractivity contribution in [3.05, 3.63) is 80.3 Å². The molecule has 0 bridgehead atoms. The van der Waals surface area contributed by atoms with Crippen LogP contribution in [0.4, 0.5) is 11.4 Å². The summed E-state index contributed by atoms with van der Waals surface area (Å²) < 4.78 is 41.6. The summed E-state index contributed by atoms with van der Waals surface area (Å²) >= 11 is 25.8. The summed E-state index contributed by atoms with van der Waals surface area (Å²) in [5.41, 5.74) is 3.22. The van der Waals surface area contributed by atoms with Gasteiger partial charge in [-0.3, -0.25) is 9.35 Å². The molecule has 0 saturated carbocycles. The number of ether oxygens (including phenoxy) is 1.